The summed E-state index contributed by atoms with van der Waals surface area (Å²) in [4.78, 5) is 4.00. The molecule has 0 aliphatic carbocycles. The lowest BCUT2D eigenvalue weighted by molar-refractivity contribution is 0.819. The van der Waals surface area contributed by atoms with Gasteiger partial charge in [-0.05, 0) is 54.7 Å². The van der Waals surface area contributed by atoms with Gasteiger partial charge in [-0.15, -0.1) is 0 Å². The Morgan fingerprint density at radius 1 is 0.824 bits per heavy atom. The normalized spacial score (nSPS) is 10.5. The van der Waals surface area contributed by atoms with Crippen LogP contribution in [0.25, 0.3) is 0 Å². The monoisotopic (exact) mass is 265 g/mol. The van der Waals surface area contributed by atoms with E-state index in [1.165, 1.54) is 11.1 Å². The van der Waals surface area contributed by atoms with Gasteiger partial charge in [0.05, 0.1) is 10.0 Å². The third-order valence-electron chi connectivity index (χ3n) is 2.66. The van der Waals surface area contributed by atoms with E-state index >= 15 is 0 Å². The second-order valence-corrected chi connectivity index (χ2v) is 4.77. The Labute approximate surface area is 111 Å². The Kier molecular flexibility index (Phi) is 4.41. The molecule has 0 bridgehead atoms. The highest BCUT2D eigenvalue weighted by molar-refractivity contribution is 6.42. The molecule has 1 aromatic carbocycles. The van der Waals surface area contributed by atoms with Gasteiger partial charge in [-0.3, -0.25) is 4.98 Å². The lowest BCUT2D eigenvalue weighted by atomic mass is 10.1. The van der Waals surface area contributed by atoms with Gasteiger partial charge in [-0.2, -0.15) is 0 Å². The number of hydrogen-bond acceptors (Lipinski definition) is 1. The molecule has 2 aromatic rings. The van der Waals surface area contributed by atoms with E-state index < -0.39 is 0 Å². The molecule has 0 fully saturated rings. The average molecular weight is 266 g/mol. The standard InChI is InChI=1S/C14H13Cl2N/c15-13-5-4-12(10-14(13)16)3-1-2-11-6-8-17-9-7-11/h4-10H,1-3H2. The van der Waals surface area contributed by atoms with Crippen molar-refractivity contribution in [2.75, 3.05) is 0 Å². The topological polar surface area (TPSA) is 12.9 Å². The highest BCUT2D eigenvalue weighted by Crippen LogP contribution is 2.23. The molecule has 88 valence electrons. The zero-order chi connectivity index (χ0) is 12.1. The summed E-state index contributed by atoms with van der Waals surface area (Å²) in [6.07, 6.45) is 6.83. The lowest BCUT2D eigenvalue weighted by Gasteiger charge is -2.03. The van der Waals surface area contributed by atoms with Crippen molar-refractivity contribution in [2.24, 2.45) is 0 Å². The number of hydrogen-bond donors (Lipinski definition) is 0. The number of halogens is 2. The minimum absolute atomic E-state index is 0.615. The molecular weight excluding hydrogens is 253 g/mol. The van der Waals surface area contributed by atoms with Crippen LogP contribution in [-0.2, 0) is 12.8 Å². The fourth-order valence-corrected chi connectivity index (χ4v) is 2.06. The molecule has 17 heavy (non-hydrogen) atoms. The van der Waals surface area contributed by atoms with Crippen molar-refractivity contribution < 1.29 is 0 Å². The first kappa shape index (κ1) is 12.4. The van der Waals surface area contributed by atoms with E-state index in [9.17, 15) is 0 Å². The predicted octanol–water partition coefficient (Wildman–Crippen LogP) is 4.56. The summed E-state index contributed by atoms with van der Waals surface area (Å²) in [6.45, 7) is 0. The summed E-state index contributed by atoms with van der Waals surface area (Å²) < 4.78 is 0. The Bertz CT molecular complexity index is 483. The molecule has 0 N–H and O–H groups in total. The van der Waals surface area contributed by atoms with E-state index in [1.54, 1.807) is 0 Å². The quantitative estimate of drug-likeness (QED) is 0.790. The van der Waals surface area contributed by atoms with Crippen molar-refractivity contribution in [1.29, 1.82) is 0 Å². The first-order chi connectivity index (χ1) is 8.25. The van der Waals surface area contributed by atoms with Crippen LogP contribution in [0.2, 0.25) is 10.0 Å². The fraction of sp³-hybridized carbons (Fsp3) is 0.214. The summed E-state index contributed by atoms with van der Waals surface area (Å²) in [5, 5.41) is 1.25. The molecule has 2 rings (SSSR count). The molecule has 0 radical (unpaired) electrons. The molecule has 0 atom stereocenters. The minimum atomic E-state index is 0.615. The van der Waals surface area contributed by atoms with Crippen LogP contribution >= 0.6 is 23.2 Å². The van der Waals surface area contributed by atoms with Crippen molar-refractivity contribution >= 4 is 23.2 Å². The Hall–Kier alpha value is -1.05. The molecule has 0 saturated heterocycles. The molecule has 1 aromatic heterocycles. The van der Waals surface area contributed by atoms with Crippen molar-refractivity contribution in [1.82, 2.24) is 4.98 Å². The van der Waals surface area contributed by atoms with E-state index in [0.717, 1.165) is 19.3 Å². The molecule has 0 aliphatic heterocycles. The van der Waals surface area contributed by atoms with Crippen LogP contribution in [0.5, 0.6) is 0 Å². The molecular formula is C14H13Cl2N. The number of pyridine rings is 1. The molecule has 0 spiro atoms. The van der Waals surface area contributed by atoms with Gasteiger partial charge in [0.2, 0.25) is 0 Å². The van der Waals surface area contributed by atoms with Crippen LogP contribution in [0, 0.1) is 0 Å². The smallest absolute Gasteiger partial charge is 0.0595 e. The second-order valence-electron chi connectivity index (χ2n) is 3.96. The maximum atomic E-state index is 5.97. The van der Waals surface area contributed by atoms with Crippen LogP contribution in [0.3, 0.4) is 0 Å². The van der Waals surface area contributed by atoms with Gasteiger partial charge in [-0.25, -0.2) is 0 Å². The second kappa shape index (κ2) is 6.04. The highest BCUT2D eigenvalue weighted by Gasteiger charge is 2.00. The van der Waals surface area contributed by atoms with Crippen LogP contribution in [0.4, 0.5) is 0 Å². The van der Waals surface area contributed by atoms with Gasteiger partial charge in [0.25, 0.3) is 0 Å². The molecule has 1 heterocycles. The molecule has 3 heteroatoms. The summed E-state index contributed by atoms with van der Waals surface area (Å²) in [6, 6.07) is 9.92. The highest BCUT2D eigenvalue weighted by atomic mass is 35.5. The van der Waals surface area contributed by atoms with Gasteiger partial charge < -0.3 is 0 Å². The van der Waals surface area contributed by atoms with E-state index in [2.05, 4.69) is 17.1 Å². The maximum Gasteiger partial charge on any atom is 0.0595 e. The SMILES string of the molecule is Clc1ccc(CCCc2ccncc2)cc1Cl. The maximum absolute atomic E-state index is 5.97. The molecule has 0 unspecified atom stereocenters. The number of benzene rings is 1. The Balaban J connectivity index is 1.88. The fourth-order valence-electron chi connectivity index (χ4n) is 1.74. The van der Waals surface area contributed by atoms with Gasteiger partial charge in [0.15, 0.2) is 0 Å². The van der Waals surface area contributed by atoms with Crippen molar-refractivity contribution in [3.8, 4) is 0 Å². The first-order valence-corrected chi connectivity index (χ1v) is 6.34. The van der Waals surface area contributed by atoms with Gasteiger partial charge >= 0.3 is 0 Å². The van der Waals surface area contributed by atoms with Crippen LogP contribution in [0.15, 0.2) is 42.7 Å². The zero-order valence-electron chi connectivity index (χ0n) is 9.37. The van der Waals surface area contributed by atoms with Gasteiger partial charge in [-0.1, -0.05) is 29.3 Å². The Morgan fingerprint density at radius 2 is 1.53 bits per heavy atom. The Morgan fingerprint density at radius 3 is 2.24 bits per heavy atom. The third kappa shape index (κ3) is 3.72. The minimum Gasteiger partial charge on any atom is -0.265 e. The molecule has 0 aliphatic rings. The number of aryl methyl sites for hydroxylation is 2. The summed E-state index contributed by atoms with van der Waals surface area (Å²) in [7, 11) is 0. The first-order valence-electron chi connectivity index (χ1n) is 5.58. The van der Waals surface area contributed by atoms with E-state index in [4.69, 9.17) is 23.2 Å². The van der Waals surface area contributed by atoms with Gasteiger partial charge in [0, 0.05) is 12.4 Å². The molecule has 0 amide bonds. The number of aromatic nitrogens is 1. The summed E-state index contributed by atoms with van der Waals surface area (Å²) >= 11 is 11.8. The van der Waals surface area contributed by atoms with Crippen LogP contribution < -0.4 is 0 Å². The predicted molar refractivity (Wildman–Crippen MR) is 72.7 cm³/mol. The average Bonchev–Trinajstić information content (AvgIpc) is 2.35. The zero-order valence-corrected chi connectivity index (χ0v) is 10.9. The largest absolute Gasteiger partial charge is 0.265 e. The lowest BCUT2D eigenvalue weighted by Crippen LogP contribution is -1.90. The van der Waals surface area contributed by atoms with Crippen LogP contribution in [-0.4, -0.2) is 4.98 Å². The van der Waals surface area contributed by atoms with E-state index in [0.29, 0.717) is 10.0 Å². The van der Waals surface area contributed by atoms with Crippen molar-refractivity contribution in [3.05, 3.63) is 63.9 Å². The van der Waals surface area contributed by atoms with Crippen molar-refractivity contribution in [2.45, 2.75) is 19.3 Å². The van der Waals surface area contributed by atoms with E-state index in [-0.39, 0.29) is 0 Å². The van der Waals surface area contributed by atoms with Gasteiger partial charge in [0.1, 0.15) is 0 Å². The van der Waals surface area contributed by atoms with Crippen LogP contribution in [0.1, 0.15) is 17.5 Å². The summed E-state index contributed by atoms with van der Waals surface area (Å²) in [5.41, 5.74) is 2.55. The van der Waals surface area contributed by atoms with E-state index in [1.807, 2.05) is 30.6 Å². The number of nitrogens with zero attached hydrogens (tertiary/aromatic N) is 1. The molecule has 0 saturated carbocycles. The third-order valence-corrected chi connectivity index (χ3v) is 3.40. The van der Waals surface area contributed by atoms with Crippen molar-refractivity contribution in [3.63, 3.8) is 0 Å². The summed E-state index contributed by atoms with van der Waals surface area (Å²) in [5.74, 6) is 0. The molecule has 1 nitrogen and oxygen atoms in total. The number of rotatable bonds is 4.